The highest BCUT2D eigenvalue weighted by atomic mass is 35.5. The maximum absolute atomic E-state index is 13.2. The number of nitrogen functional groups attached to an aromatic ring is 1. The van der Waals surface area contributed by atoms with E-state index >= 15 is 0 Å². The Hall–Kier alpha value is -2.21. The van der Waals surface area contributed by atoms with E-state index in [4.69, 9.17) is 43.8 Å². The number of hydrogen-bond donors (Lipinski definition) is 3. The first-order valence-electron chi connectivity index (χ1n) is 11.7. The highest BCUT2D eigenvalue weighted by Crippen LogP contribution is 2.39. The Morgan fingerprint density at radius 2 is 1.82 bits per heavy atom. The number of anilines is 1. The van der Waals surface area contributed by atoms with Crippen LogP contribution in [0, 0.1) is 5.41 Å². The highest BCUT2D eigenvalue weighted by Gasteiger charge is 2.28. The number of benzene rings is 2. The van der Waals surface area contributed by atoms with Gasteiger partial charge in [-0.25, -0.2) is 8.42 Å². The molecule has 14 heteroatoms. The van der Waals surface area contributed by atoms with E-state index in [2.05, 4.69) is 5.32 Å². The number of nitrogens with two attached hydrogens (primary N) is 1. The molecule has 0 unspecified atom stereocenters. The molecule has 2 aromatic rings. The molecule has 216 valence electrons. The molecular weight excluding hydrogens is 610 g/mol. The van der Waals surface area contributed by atoms with Gasteiger partial charge in [0.25, 0.3) is 0 Å². The molecule has 0 spiro atoms. The maximum atomic E-state index is 13.2. The monoisotopic (exact) mass is 640 g/mol. The second-order valence-electron chi connectivity index (χ2n) is 8.34. The number of rotatable bonds is 11. The Kier molecular flexibility index (Phi) is 14.4. The van der Waals surface area contributed by atoms with Crippen molar-refractivity contribution in [1.82, 2.24) is 5.32 Å². The SMILES string of the molecule is CCOC(=O)CS(=O)(=O)N(C/C=C/c1cccc(C(=N)N)c1)c1cc(Cl)c(OC2CCNCC2)c(Cl)c1.Cl.Cl. The average Bonchev–Trinajstić information content (AvgIpc) is 2.84. The van der Waals surface area contributed by atoms with Crippen LogP contribution in [-0.4, -0.2) is 58.3 Å². The second-order valence-corrected chi connectivity index (χ2v) is 11.0. The minimum Gasteiger partial charge on any atom is -0.487 e. The molecule has 1 heterocycles. The van der Waals surface area contributed by atoms with Gasteiger partial charge in [-0.2, -0.15) is 0 Å². The third-order valence-corrected chi connectivity index (χ3v) is 7.76. The summed E-state index contributed by atoms with van der Waals surface area (Å²) in [5, 5.41) is 11.2. The van der Waals surface area contributed by atoms with E-state index in [0.29, 0.717) is 11.3 Å². The third kappa shape index (κ3) is 10.0. The van der Waals surface area contributed by atoms with Gasteiger partial charge in [-0.05, 0) is 56.6 Å². The minimum atomic E-state index is -4.16. The third-order valence-electron chi connectivity index (χ3n) is 5.56. The van der Waals surface area contributed by atoms with Crippen LogP contribution in [0.1, 0.15) is 30.9 Å². The average molecular weight is 642 g/mol. The van der Waals surface area contributed by atoms with Crippen molar-refractivity contribution < 1.29 is 22.7 Å². The van der Waals surface area contributed by atoms with Crippen LogP contribution in [0.3, 0.4) is 0 Å². The first kappa shape index (κ1) is 34.8. The number of nitrogens with one attached hydrogen (secondary N) is 2. The summed E-state index contributed by atoms with van der Waals surface area (Å²) in [7, 11) is -4.16. The Bertz CT molecular complexity index is 1250. The van der Waals surface area contributed by atoms with Crippen molar-refractivity contribution in [3.63, 3.8) is 0 Å². The van der Waals surface area contributed by atoms with Crippen LogP contribution >= 0.6 is 48.0 Å². The topological polar surface area (TPSA) is 135 Å². The van der Waals surface area contributed by atoms with Crippen molar-refractivity contribution >= 4 is 81.6 Å². The summed E-state index contributed by atoms with van der Waals surface area (Å²) in [6.45, 7) is 3.17. The lowest BCUT2D eigenvalue weighted by Crippen LogP contribution is -2.36. The normalized spacial score (nSPS) is 13.7. The molecule has 39 heavy (non-hydrogen) atoms. The van der Waals surface area contributed by atoms with Crippen molar-refractivity contribution in [3.8, 4) is 5.75 Å². The van der Waals surface area contributed by atoms with Gasteiger partial charge in [0.2, 0.25) is 10.0 Å². The first-order chi connectivity index (χ1) is 17.6. The number of carbonyl (C=O) groups is 1. The summed E-state index contributed by atoms with van der Waals surface area (Å²) >= 11 is 13.0. The molecule has 1 aliphatic heterocycles. The lowest BCUT2D eigenvalue weighted by Gasteiger charge is -2.27. The fourth-order valence-corrected chi connectivity index (χ4v) is 5.63. The minimum absolute atomic E-state index is 0. The number of hydrogen-bond acceptors (Lipinski definition) is 7. The fourth-order valence-electron chi connectivity index (χ4n) is 3.79. The van der Waals surface area contributed by atoms with Gasteiger partial charge in [-0.1, -0.05) is 53.6 Å². The van der Waals surface area contributed by atoms with Crippen molar-refractivity contribution in [2.75, 3.05) is 36.3 Å². The molecule has 0 saturated carbocycles. The van der Waals surface area contributed by atoms with Gasteiger partial charge in [0, 0.05) is 5.56 Å². The van der Waals surface area contributed by atoms with Crippen molar-refractivity contribution in [1.29, 1.82) is 5.41 Å². The van der Waals surface area contributed by atoms with E-state index in [9.17, 15) is 13.2 Å². The van der Waals surface area contributed by atoms with E-state index in [0.717, 1.165) is 35.8 Å². The van der Waals surface area contributed by atoms with Crippen LogP contribution < -0.4 is 20.1 Å². The Labute approximate surface area is 251 Å². The predicted molar refractivity (Wildman–Crippen MR) is 162 cm³/mol. The van der Waals surface area contributed by atoms with Gasteiger partial charge in [0.05, 0.1) is 28.9 Å². The number of halogens is 4. The summed E-state index contributed by atoms with van der Waals surface area (Å²) in [6.07, 6.45) is 4.84. The molecule has 4 N–H and O–H groups in total. The number of piperidine rings is 1. The highest BCUT2D eigenvalue weighted by molar-refractivity contribution is 7.93. The second kappa shape index (κ2) is 16.2. The first-order valence-corrected chi connectivity index (χ1v) is 14.1. The van der Waals surface area contributed by atoms with Crippen LogP contribution in [0.4, 0.5) is 5.69 Å². The van der Waals surface area contributed by atoms with Gasteiger partial charge in [-0.3, -0.25) is 14.5 Å². The smallest absolute Gasteiger partial charge is 0.323 e. The molecule has 0 aromatic heterocycles. The number of sulfonamides is 1. The maximum Gasteiger partial charge on any atom is 0.323 e. The Morgan fingerprint density at radius 1 is 1.18 bits per heavy atom. The van der Waals surface area contributed by atoms with Gasteiger partial charge >= 0.3 is 5.97 Å². The van der Waals surface area contributed by atoms with Gasteiger partial charge < -0.3 is 20.5 Å². The van der Waals surface area contributed by atoms with E-state index in [1.54, 1.807) is 43.3 Å². The predicted octanol–water partition coefficient (Wildman–Crippen LogP) is 4.66. The number of esters is 1. The largest absolute Gasteiger partial charge is 0.487 e. The molecule has 3 rings (SSSR count). The number of nitrogens with zero attached hydrogens (tertiary/aromatic N) is 1. The summed E-state index contributed by atoms with van der Waals surface area (Å²) in [6, 6.07) is 9.85. The molecule has 9 nitrogen and oxygen atoms in total. The zero-order valence-electron chi connectivity index (χ0n) is 21.2. The van der Waals surface area contributed by atoms with Crippen LogP contribution in [-0.2, 0) is 19.6 Å². The Balaban J connectivity index is 0.00000380. The summed E-state index contributed by atoms with van der Waals surface area (Å²) in [5.41, 5.74) is 6.99. The van der Waals surface area contributed by atoms with Crippen molar-refractivity contribution in [2.24, 2.45) is 5.73 Å². The summed E-state index contributed by atoms with van der Waals surface area (Å²) in [5.74, 6) is -1.51. The van der Waals surface area contributed by atoms with E-state index in [1.165, 1.54) is 12.1 Å². The lowest BCUT2D eigenvalue weighted by atomic mass is 10.1. The van der Waals surface area contributed by atoms with Crippen molar-refractivity contribution in [3.05, 3.63) is 63.6 Å². The molecule has 1 aliphatic rings. The Morgan fingerprint density at radius 3 is 2.41 bits per heavy atom. The summed E-state index contributed by atoms with van der Waals surface area (Å²) < 4.78 is 38.4. The number of amidine groups is 1. The molecule has 0 amide bonds. The zero-order chi connectivity index (χ0) is 27.0. The molecule has 0 atom stereocenters. The van der Waals surface area contributed by atoms with Crippen LogP contribution in [0.25, 0.3) is 6.08 Å². The van der Waals surface area contributed by atoms with E-state index < -0.39 is 21.7 Å². The molecule has 2 aromatic carbocycles. The van der Waals surface area contributed by atoms with E-state index in [-0.39, 0.29) is 65.6 Å². The van der Waals surface area contributed by atoms with Crippen LogP contribution in [0.5, 0.6) is 5.75 Å². The van der Waals surface area contributed by atoms with Crippen LogP contribution in [0.2, 0.25) is 10.0 Å². The van der Waals surface area contributed by atoms with Gasteiger partial charge in [0.15, 0.2) is 11.5 Å². The number of ether oxygens (including phenoxy) is 2. The van der Waals surface area contributed by atoms with Crippen molar-refractivity contribution in [2.45, 2.75) is 25.9 Å². The van der Waals surface area contributed by atoms with Gasteiger partial charge in [-0.15, -0.1) is 24.8 Å². The summed E-state index contributed by atoms with van der Waals surface area (Å²) in [4.78, 5) is 12.0. The quantitative estimate of drug-likeness (QED) is 0.184. The molecule has 0 radical (unpaired) electrons. The van der Waals surface area contributed by atoms with E-state index in [1.807, 2.05) is 0 Å². The van der Waals surface area contributed by atoms with Gasteiger partial charge in [0.1, 0.15) is 11.9 Å². The molecular formula is C25H32Cl4N4O5S. The molecule has 1 fully saturated rings. The standard InChI is InChI=1S/C25H30Cl2N4O5S.2ClH/c1-2-35-23(32)16-37(33,34)31(12-4-6-17-5-3-7-18(13-17)25(28)29)19-14-21(26)24(22(27)15-19)36-20-8-10-30-11-9-20;;/h3-7,13-15,20,30H,2,8-12,16H2,1H3,(H3,28,29);2*1H/b6-4+;;. The zero-order valence-corrected chi connectivity index (χ0v) is 25.2. The molecule has 0 aliphatic carbocycles. The molecule has 1 saturated heterocycles. The lowest BCUT2D eigenvalue weighted by molar-refractivity contribution is -0.139. The molecule has 0 bridgehead atoms. The van der Waals surface area contributed by atoms with Crippen LogP contribution in [0.15, 0.2) is 42.5 Å². The fraction of sp³-hybridized carbons (Fsp3) is 0.360. The number of carbonyl (C=O) groups excluding carboxylic acids is 1.